The van der Waals surface area contributed by atoms with E-state index in [2.05, 4.69) is 11.9 Å². The van der Waals surface area contributed by atoms with Crippen LogP contribution in [0.5, 0.6) is 5.75 Å². The highest BCUT2D eigenvalue weighted by atomic mass is 32.1. The van der Waals surface area contributed by atoms with Gasteiger partial charge in [0.1, 0.15) is 18.2 Å². The lowest BCUT2D eigenvalue weighted by atomic mass is 10.2. The number of hydrogen-bond acceptors (Lipinski definition) is 3. The molecule has 0 bridgehead atoms. The SMILES string of the molecule is CCc1nc(COc2cc(F)ccc2C)cs1. The molecule has 1 aromatic heterocycles. The van der Waals surface area contributed by atoms with Crippen LogP contribution in [0.15, 0.2) is 23.6 Å². The number of rotatable bonds is 4. The molecule has 17 heavy (non-hydrogen) atoms. The van der Waals surface area contributed by atoms with Gasteiger partial charge >= 0.3 is 0 Å². The summed E-state index contributed by atoms with van der Waals surface area (Å²) in [5.74, 6) is 0.300. The number of thiazole rings is 1. The Morgan fingerprint density at radius 1 is 1.41 bits per heavy atom. The van der Waals surface area contributed by atoms with E-state index in [0.29, 0.717) is 12.4 Å². The molecule has 0 atom stereocenters. The number of nitrogens with zero attached hydrogens (tertiary/aromatic N) is 1. The fourth-order valence-corrected chi connectivity index (χ4v) is 2.19. The molecule has 0 unspecified atom stereocenters. The predicted molar refractivity (Wildman–Crippen MR) is 67.0 cm³/mol. The molecule has 0 aliphatic rings. The maximum atomic E-state index is 13.0. The van der Waals surface area contributed by atoms with Gasteiger partial charge in [-0.3, -0.25) is 0 Å². The first kappa shape index (κ1) is 12.0. The quantitative estimate of drug-likeness (QED) is 0.826. The Labute approximate surface area is 104 Å². The topological polar surface area (TPSA) is 22.1 Å². The van der Waals surface area contributed by atoms with Crippen LogP contribution in [0, 0.1) is 12.7 Å². The van der Waals surface area contributed by atoms with E-state index in [9.17, 15) is 4.39 Å². The molecule has 4 heteroatoms. The molecule has 0 radical (unpaired) electrons. The van der Waals surface area contributed by atoms with Crippen molar-refractivity contribution in [3.05, 3.63) is 45.7 Å². The highest BCUT2D eigenvalue weighted by Gasteiger charge is 2.04. The van der Waals surface area contributed by atoms with Crippen molar-refractivity contribution in [3.63, 3.8) is 0 Å². The Kier molecular flexibility index (Phi) is 3.74. The van der Waals surface area contributed by atoms with Gasteiger partial charge in [0.25, 0.3) is 0 Å². The van der Waals surface area contributed by atoms with Crippen LogP contribution in [-0.2, 0) is 13.0 Å². The molecule has 2 aromatic rings. The summed E-state index contributed by atoms with van der Waals surface area (Å²) in [7, 11) is 0. The summed E-state index contributed by atoms with van der Waals surface area (Å²) in [6, 6.07) is 4.55. The summed E-state index contributed by atoms with van der Waals surface area (Å²) in [5.41, 5.74) is 1.83. The normalized spacial score (nSPS) is 10.5. The van der Waals surface area contributed by atoms with Gasteiger partial charge in [-0.25, -0.2) is 9.37 Å². The highest BCUT2D eigenvalue weighted by molar-refractivity contribution is 7.09. The molecule has 90 valence electrons. The minimum Gasteiger partial charge on any atom is -0.487 e. The van der Waals surface area contributed by atoms with Gasteiger partial charge in [0.2, 0.25) is 0 Å². The van der Waals surface area contributed by atoms with Crippen LogP contribution < -0.4 is 4.74 Å². The molecule has 1 heterocycles. The fourth-order valence-electron chi connectivity index (χ4n) is 1.46. The van der Waals surface area contributed by atoms with E-state index in [4.69, 9.17) is 4.74 Å². The van der Waals surface area contributed by atoms with E-state index >= 15 is 0 Å². The molecule has 0 amide bonds. The van der Waals surface area contributed by atoms with Gasteiger partial charge in [-0.15, -0.1) is 11.3 Å². The van der Waals surface area contributed by atoms with Crippen LogP contribution in [0.4, 0.5) is 4.39 Å². The zero-order chi connectivity index (χ0) is 12.3. The van der Waals surface area contributed by atoms with Crippen molar-refractivity contribution in [1.29, 1.82) is 0 Å². The number of halogens is 1. The van der Waals surface area contributed by atoms with Crippen molar-refractivity contribution in [3.8, 4) is 5.75 Å². The largest absolute Gasteiger partial charge is 0.487 e. The number of aryl methyl sites for hydroxylation is 2. The van der Waals surface area contributed by atoms with Crippen molar-refractivity contribution >= 4 is 11.3 Å². The smallest absolute Gasteiger partial charge is 0.131 e. The Morgan fingerprint density at radius 2 is 2.24 bits per heavy atom. The van der Waals surface area contributed by atoms with Crippen LogP contribution >= 0.6 is 11.3 Å². The number of hydrogen-bond donors (Lipinski definition) is 0. The zero-order valence-electron chi connectivity index (χ0n) is 9.87. The van der Waals surface area contributed by atoms with Crippen molar-refractivity contribution in [1.82, 2.24) is 4.98 Å². The summed E-state index contributed by atoms with van der Waals surface area (Å²) >= 11 is 1.63. The van der Waals surface area contributed by atoms with E-state index in [-0.39, 0.29) is 5.82 Å². The van der Waals surface area contributed by atoms with Crippen LogP contribution in [0.2, 0.25) is 0 Å². The lowest BCUT2D eigenvalue weighted by Gasteiger charge is -2.07. The third-order valence-electron chi connectivity index (χ3n) is 2.43. The molecule has 0 N–H and O–H groups in total. The van der Waals surface area contributed by atoms with Gasteiger partial charge in [-0.05, 0) is 25.0 Å². The van der Waals surface area contributed by atoms with Crippen molar-refractivity contribution in [2.45, 2.75) is 26.9 Å². The molecule has 0 spiro atoms. The fraction of sp³-hybridized carbons (Fsp3) is 0.308. The summed E-state index contributed by atoms with van der Waals surface area (Å²) in [5, 5.41) is 3.08. The number of ether oxygens (including phenoxy) is 1. The van der Waals surface area contributed by atoms with Gasteiger partial charge in [-0.2, -0.15) is 0 Å². The third kappa shape index (κ3) is 3.03. The maximum absolute atomic E-state index is 13.0. The van der Waals surface area contributed by atoms with Crippen LogP contribution in [0.1, 0.15) is 23.2 Å². The van der Waals surface area contributed by atoms with E-state index < -0.39 is 0 Å². The summed E-state index contributed by atoms with van der Waals surface area (Å²) in [6.45, 7) is 4.36. The molecule has 0 saturated heterocycles. The van der Waals surface area contributed by atoms with Gasteiger partial charge in [0, 0.05) is 11.4 Å². The second-order valence-electron chi connectivity index (χ2n) is 3.78. The average Bonchev–Trinajstić information content (AvgIpc) is 2.78. The maximum Gasteiger partial charge on any atom is 0.131 e. The minimum absolute atomic E-state index is 0.280. The standard InChI is InChI=1S/C13H14FNOS/c1-3-13-15-11(8-17-13)7-16-12-6-10(14)5-4-9(12)2/h4-6,8H,3,7H2,1-2H3. The van der Waals surface area contributed by atoms with Crippen molar-refractivity contribution in [2.75, 3.05) is 0 Å². The van der Waals surface area contributed by atoms with Gasteiger partial charge in [0.15, 0.2) is 0 Å². The predicted octanol–water partition coefficient (Wildman–Crippen LogP) is 3.73. The van der Waals surface area contributed by atoms with Crippen LogP contribution in [0.25, 0.3) is 0 Å². The molecule has 0 saturated carbocycles. The first-order chi connectivity index (χ1) is 8.19. The van der Waals surface area contributed by atoms with E-state index in [0.717, 1.165) is 22.7 Å². The first-order valence-electron chi connectivity index (χ1n) is 5.51. The van der Waals surface area contributed by atoms with E-state index in [1.165, 1.54) is 12.1 Å². The first-order valence-corrected chi connectivity index (χ1v) is 6.39. The summed E-state index contributed by atoms with van der Waals surface area (Å²) in [4.78, 5) is 4.40. The summed E-state index contributed by atoms with van der Waals surface area (Å²) in [6.07, 6.45) is 0.934. The van der Waals surface area contributed by atoms with Crippen LogP contribution in [-0.4, -0.2) is 4.98 Å². The second-order valence-corrected chi connectivity index (χ2v) is 4.73. The van der Waals surface area contributed by atoms with Crippen molar-refractivity contribution < 1.29 is 9.13 Å². The van der Waals surface area contributed by atoms with Crippen LogP contribution in [0.3, 0.4) is 0 Å². The molecular formula is C13H14FNOS. The van der Waals surface area contributed by atoms with Gasteiger partial charge < -0.3 is 4.74 Å². The molecule has 2 rings (SSSR count). The minimum atomic E-state index is -0.280. The molecule has 1 aromatic carbocycles. The lowest BCUT2D eigenvalue weighted by Crippen LogP contribution is -1.98. The van der Waals surface area contributed by atoms with E-state index in [1.54, 1.807) is 17.4 Å². The Bertz CT molecular complexity index is 510. The van der Waals surface area contributed by atoms with Crippen molar-refractivity contribution in [2.24, 2.45) is 0 Å². The number of aromatic nitrogens is 1. The molecule has 0 aliphatic heterocycles. The average molecular weight is 251 g/mol. The molecule has 0 aliphatic carbocycles. The lowest BCUT2D eigenvalue weighted by molar-refractivity contribution is 0.298. The molecule has 2 nitrogen and oxygen atoms in total. The highest BCUT2D eigenvalue weighted by Crippen LogP contribution is 2.20. The molecule has 0 fully saturated rings. The zero-order valence-corrected chi connectivity index (χ0v) is 10.7. The third-order valence-corrected chi connectivity index (χ3v) is 3.47. The number of benzene rings is 1. The van der Waals surface area contributed by atoms with Gasteiger partial charge in [-0.1, -0.05) is 13.0 Å². The van der Waals surface area contributed by atoms with Gasteiger partial charge in [0.05, 0.1) is 10.7 Å². The Morgan fingerprint density at radius 3 is 2.94 bits per heavy atom. The Balaban J connectivity index is 2.04. The monoisotopic (exact) mass is 251 g/mol. The molecular weight excluding hydrogens is 237 g/mol. The second kappa shape index (κ2) is 5.27. The Hall–Kier alpha value is -1.42. The van der Waals surface area contributed by atoms with E-state index in [1.807, 2.05) is 12.3 Å². The summed E-state index contributed by atoms with van der Waals surface area (Å²) < 4.78 is 18.6.